The van der Waals surface area contributed by atoms with Crippen molar-refractivity contribution < 1.29 is 4.92 Å². The molecule has 0 saturated heterocycles. The SMILES string of the molecule is NC1CCCC(N(Cc2ccccc2)Cc2ccccc2)C1[N+](=O)[O-]. The lowest BCUT2D eigenvalue weighted by atomic mass is 9.85. The second-order valence-electron chi connectivity index (χ2n) is 6.81. The number of hydrogen-bond acceptors (Lipinski definition) is 4. The highest BCUT2D eigenvalue weighted by Crippen LogP contribution is 2.27. The zero-order chi connectivity index (χ0) is 17.6. The third-order valence-corrected chi connectivity index (χ3v) is 5.04. The largest absolute Gasteiger partial charge is 0.322 e. The average Bonchev–Trinajstić information content (AvgIpc) is 2.62. The van der Waals surface area contributed by atoms with Crippen LogP contribution in [0.2, 0.25) is 0 Å². The Hall–Kier alpha value is -2.24. The van der Waals surface area contributed by atoms with Crippen molar-refractivity contribution in [1.29, 1.82) is 0 Å². The number of nitrogens with zero attached hydrogens (tertiary/aromatic N) is 2. The van der Waals surface area contributed by atoms with Gasteiger partial charge >= 0.3 is 0 Å². The minimum atomic E-state index is -0.707. The Kier molecular flexibility index (Phi) is 5.79. The van der Waals surface area contributed by atoms with Gasteiger partial charge < -0.3 is 5.73 Å². The van der Waals surface area contributed by atoms with Gasteiger partial charge in [-0.05, 0) is 30.4 Å². The van der Waals surface area contributed by atoms with Crippen molar-refractivity contribution in [3.05, 3.63) is 81.9 Å². The summed E-state index contributed by atoms with van der Waals surface area (Å²) in [5.74, 6) is 0. The Morgan fingerprint density at radius 1 is 0.960 bits per heavy atom. The van der Waals surface area contributed by atoms with Gasteiger partial charge in [0.25, 0.3) is 0 Å². The van der Waals surface area contributed by atoms with Gasteiger partial charge in [0.1, 0.15) is 0 Å². The topological polar surface area (TPSA) is 72.4 Å². The summed E-state index contributed by atoms with van der Waals surface area (Å²) in [6.07, 6.45) is 2.49. The molecule has 2 aromatic rings. The van der Waals surface area contributed by atoms with E-state index < -0.39 is 6.04 Å². The number of nitro groups is 1. The molecule has 1 fully saturated rings. The summed E-state index contributed by atoms with van der Waals surface area (Å²) < 4.78 is 0. The van der Waals surface area contributed by atoms with E-state index in [0.29, 0.717) is 13.1 Å². The van der Waals surface area contributed by atoms with Crippen LogP contribution >= 0.6 is 0 Å². The van der Waals surface area contributed by atoms with Gasteiger partial charge in [0.15, 0.2) is 0 Å². The van der Waals surface area contributed by atoms with E-state index in [1.807, 2.05) is 36.4 Å². The van der Waals surface area contributed by atoms with Crippen LogP contribution in [0.1, 0.15) is 30.4 Å². The van der Waals surface area contributed by atoms with E-state index in [4.69, 9.17) is 5.73 Å². The summed E-state index contributed by atoms with van der Waals surface area (Å²) in [4.78, 5) is 13.7. The molecule has 5 nitrogen and oxygen atoms in total. The Morgan fingerprint density at radius 2 is 1.48 bits per heavy atom. The molecular formula is C20H25N3O2. The Bertz CT molecular complexity index is 636. The van der Waals surface area contributed by atoms with Gasteiger partial charge in [-0.1, -0.05) is 60.7 Å². The quantitative estimate of drug-likeness (QED) is 0.648. The molecule has 1 saturated carbocycles. The monoisotopic (exact) mass is 339 g/mol. The lowest BCUT2D eigenvalue weighted by molar-refractivity contribution is -0.536. The summed E-state index contributed by atoms with van der Waals surface area (Å²) in [7, 11) is 0. The lowest BCUT2D eigenvalue weighted by Crippen LogP contribution is -2.57. The van der Waals surface area contributed by atoms with Crippen LogP contribution in [-0.4, -0.2) is 27.9 Å². The zero-order valence-corrected chi connectivity index (χ0v) is 14.3. The first-order chi connectivity index (χ1) is 12.1. The second kappa shape index (κ2) is 8.23. The van der Waals surface area contributed by atoms with E-state index in [9.17, 15) is 10.1 Å². The van der Waals surface area contributed by atoms with Gasteiger partial charge in [0.2, 0.25) is 6.04 Å². The highest BCUT2D eigenvalue weighted by atomic mass is 16.6. The van der Waals surface area contributed by atoms with E-state index in [-0.39, 0.29) is 17.0 Å². The molecule has 0 aromatic heterocycles. The molecule has 0 bridgehead atoms. The Balaban J connectivity index is 1.87. The predicted octanol–water partition coefficient (Wildman–Crippen LogP) is 3.21. The van der Waals surface area contributed by atoms with Gasteiger partial charge in [0.05, 0.1) is 12.1 Å². The summed E-state index contributed by atoms with van der Waals surface area (Å²) >= 11 is 0. The molecule has 3 rings (SSSR count). The fourth-order valence-corrected chi connectivity index (χ4v) is 3.81. The number of hydrogen-bond donors (Lipinski definition) is 1. The molecule has 25 heavy (non-hydrogen) atoms. The molecule has 5 heteroatoms. The average molecular weight is 339 g/mol. The normalized spacial score (nSPS) is 23.5. The zero-order valence-electron chi connectivity index (χ0n) is 14.3. The van der Waals surface area contributed by atoms with Crippen molar-refractivity contribution in [3.63, 3.8) is 0 Å². The van der Waals surface area contributed by atoms with E-state index >= 15 is 0 Å². The standard InChI is InChI=1S/C20H25N3O2/c21-18-12-7-13-19(20(18)23(24)25)22(14-16-8-3-1-4-9-16)15-17-10-5-2-6-11-17/h1-6,8-11,18-20H,7,12-15,21H2. The third kappa shape index (κ3) is 4.44. The predicted molar refractivity (Wildman–Crippen MR) is 98.5 cm³/mol. The highest BCUT2D eigenvalue weighted by molar-refractivity contribution is 5.17. The van der Waals surface area contributed by atoms with Crippen molar-refractivity contribution in [2.24, 2.45) is 5.73 Å². The summed E-state index contributed by atoms with van der Waals surface area (Å²) in [5.41, 5.74) is 8.46. The molecule has 0 spiro atoms. The first-order valence-electron chi connectivity index (χ1n) is 8.86. The molecule has 0 heterocycles. The first kappa shape index (κ1) is 17.6. The molecule has 3 unspecified atom stereocenters. The third-order valence-electron chi connectivity index (χ3n) is 5.04. The molecular weight excluding hydrogens is 314 g/mol. The van der Waals surface area contributed by atoms with Gasteiger partial charge in [-0.3, -0.25) is 15.0 Å². The van der Waals surface area contributed by atoms with Crippen molar-refractivity contribution in [2.75, 3.05) is 0 Å². The minimum Gasteiger partial charge on any atom is -0.322 e. The van der Waals surface area contributed by atoms with Crippen LogP contribution in [0.25, 0.3) is 0 Å². The van der Waals surface area contributed by atoms with Crippen molar-refractivity contribution in [2.45, 2.75) is 50.5 Å². The van der Waals surface area contributed by atoms with Crippen LogP contribution in [0.3, 0.4) is 0 Å². The van der Waals surface area contributed by atoms with Crippen LogP contribution in [0.15, 0.2) is 60.7 Å². The van der Waals surface area contributed by atoms with Gasteiger partial charge in [0, 0.05) is 18.0 Å². The Morgan fingerprint density at radius 3 is 1.96 bits per heavy atom. The fourth-order valence-electron chi connectivity index (χ4n) is 3.81. The molecule has 0 aliphatic heterocycles. The lowest BCUT2D eigenvalue weighted by Gasteiger charge is -2.38. The summed E-state index contributed by atoms with van der Waals surface area (Å²) in [6, 6.07) is 19.1. The highest BCUT2D eigenvalue weighted by Gasteiger charge is 2.43. The van der Waals surface area contributed by atoms with Crippen LogP contribution in [-0.2, 0) is 13.1 Å². The molecule has 2 N–H and O–H groups in total. The summed E-state index contributed by atoms with van der Waals surface area (Å²) in [5, 5.41) is 11.7. The minimum absolute atomic E-state index is 0.140. The number of benzene rings is 2. The molecule has 0 radical (unpaired) electrons. The van der Waals surface area contributed by atoms with E-state index in [1.54, 1.807) is 0 Å². The van der Waals surface area contributed by atoms with Gasteiger partial charge in [-0.15, -0.1) is 0 Å². The van der Waals surface area contributed by atoms with E-state index in [2.05, 4.69) is 29.2 Å². The maximum Gasteiger partial charge on any atom is 0.243 e. The number of nitrogens with two attached hydrogens (primary N) is 1. The maximum absolute atomic E-state index is 11.7. The second-order valence-corrected chi connectivity index (χ2v) is 6.81. The maximum atomic E-state index is 11.7. The van der Waals surface area contributed by atoms with Crippen molar-refractivity contribution >= 4 is 0 Å². The van der Waals surface area contributed by atoms with E-state index in [1.165, 1.54) is 11.1 Å². The first-order valence-corrected chi connectivity index (χ1v) is 8.86. The van der Waals surface area contributed by atoms with Gasteiger partial charge in [-0.25, -0.2) is 0 Å². The van der Waals surface area contributed by atoms with Crippen molar-refractivity contribution in [1.82, 2.24) is 4.90 Å². The Labute approximate surface area is 148 Å². The van der Waals surface area contributed by atoms with Crippen LogP contribution < -0.4 is 5.73 Å². The fraction of sp³-hybridized carbons (Fsp3) is 0.400. The molecule has 132 valence electrons. The van der Waals surface area contributed by atoms with Crippen molar-refractivity contribution in [3.8, 4) is 0 Å². The number of rotatable bonds is 6. The molecule has 0 amide bonds. The van der Waals surface area contributed by atoms with Crippen LogP contribution in [0.5, 0.6) is 0 Å². The molecule has 2 aromatic carbocycles. The molecule has 3 atom stereocenters. The summed E-state index contributed by atoms with van der Waals surface area (Å²) in [6.45, 7) is 1.38. The smallest absolute Gasteiger partial charge is 0.243 e. The van der Waals surface area contributed by atoms with Crippen LogP contribution in [0, 0.1) is 10.1 Å². The molecule has 1 aliphatic rings. The van der Waals surface area contributed by atoms with E-state index in [0.717, 1.165) is 19.3 Å². The van der Waals surface area contributed by atoms with Crippen LogP contribution in [0.4, 0.5) is 0 Å². The van der Waals surface area contributed by atoms with Gasteiger partial charge in [-0.2, -0.15) is 0 Å². The molecule has 1 aliphatic carbocycles.